The van der Waals surface area contributed by atoms with Crippen LogP contribution in [-0.2, 0) is 16.1 Å². The number of nitrogens with zero attached hydrogens (tertiary/aromatic N) is 1. The predicted octanol–water partition coefficient (Wildman–Crippen LogP) is 2.51. The summed E-state index contributed by atoms with van der Waals surface area (Å²) in [6, 6.07) is 4.68. The number of nitrogen functional groups attached to an aromatic ring is 1. The van der Waals surface area contributed by atoms with E-state index in [0.29, 0.717) is 19.8 Å². The normalized spacial score (nSPS) is 10.6. The molecular weight excluding hydrogens is 248 g/mol. The maximum atomic E-state index is 10.7. The minimum atomic E-state index is -0.493. The van der Waals surface area contributed by atoms with Crippen LogP contribution >= 0.6 is 0 Å². The van der Waals surface area contributed by atoms with Gasteiger partial charge in [0.05, 0.1) is 24.7 Å². The highest BCUT2D eigenvalue weighted by atomic mass is 16.6. The second kappa shape index (κ2) is 8.44. The molecule has 0 aliphatic rings. The molecule has 6 nitrogen and oxygen atoms in total. The molecule has 0 heterocycles. The third-order valence-corrected chi connectivity index (χ3v) is 2.57. The topological polar surface area (TPSA) is 87.6 Å². The number of anilines is 1. The first kappa shape index (κ1) is 15.4. The van der Waals surface area contributed by atoms with Crippen molar-refractivity contribution in [2.24, 2.45) is 0 Å². The summed E-state index contributed by atoms with van der Waals surface area (Å²) in [7, 11) is 0. The van der Waals surface area contributed by atoms with E-state index in [9.17, 15) is 10.1 Å². The third kappa shape index (κ3) is 5.67. The number of ether oxygens (including phenoxy) is 2. The summed E-state index contributed by atoms with van der Waals surface area (Å²) in [5, 5.41) is 10.7. The van der Waals surface area contributed by atoms with Crippen molar-refractivity contribution in [3.8, 4) is 0 Å². The molecule has 0 aliphatic heterocycles. The molecule has 0 spiro atoms. The number of hydrogen-bond donors (Lipinski definition) is 1. The van der Waals surface area contributed by atoms with E-state index < -0.39 is 4.92 Å². The number of nitrogens with two attached hydrogens (primary N) is 1. The van der Waals surface area contributed by atoms with E-state index in [1.807, 2.05) is 0 Å². The Morgan fingerprint density at radius 2 is 2.00 bits per heavy atom. The third-order valence-electron chi connectivity index (χ3n) is 2.57. The number of rotatable bonds is 9. The zero-order valence-corrected chi connectivity index (χ0v) is 11.1. The lowest BCUT2D eigenvalue weighted by Crippen LogP contribution is -2.05. The van der Waals surface area contributed by atoms with Crippen LogP contribution in [0.3, 0.4) is 0 Å². The predicted molar refractivity (Wildman–Crippen MR) is 72.9 cm³/mol. The lowest BCUT2D eigenvalue weighted by Gasteiger charge is -2.06. The SMILES string of the molecule is CCCCOCCOCc1ccc(N)c([N+](=O)[O-])c1. The molecule has 2 N–H and O–H groups in total. The van der Waals surface area contributed by atoms with Crippen molar-refractivity contribution in [1.29, 1.82) is 0 Å². The van der Waals surface area contributed by atoms with E-state index in [0.717, 1.165) is 25.0 Å². The minimum absolute atomic E-state index is 0.0831. The van der Waals surface area contributed by atoms with Gasteiger partial charge in [-0.2, -0.15) is 0 Å². The molecule has 19 heavy (non-hydrogen) atoms. The van der Waals surface area contributed by atoms with E-state index in [2.05, 4.69) is 6.92 Å². The summed E-state index contributed by atoms with van der Waals surface area (Å²) in [5.41, 5.74) is 6.32. The molecule has 0 amide bonds. The Balaban J connectivity index is 2.30. The highest BCUT2D eigenvalue weighted by molar-refractivity contribution is 5.59. The van der Waals surface area contributed by atoms with E-state index in [-0.39, 0.29) is 11.4 Å². The highest BCUT2D eigenvalue weighted by Gasteiger charge is 2.11. The van der Waals surface area contributed by atoms with Gasteiger partial charge >= 0.3 is 0 Å². The van der Waals surface area contributed by atoms with E-state index >= 15 is 0 Å². The van der Waals surface area contributed by atoms with Gasteiger partial charge in [-0.3, -0.25) is 10.1 Å². The van der Waals surface area contributed by atoms with E-state index in [1.165, 1.54) is 12.1 Å². The molecule has 1 aromatic carbocycles. The number of benzene rings is 1. The van der Waals surface area contributed by atoms with E-state index in [1.54, 1.807) is 6.07 Å². The Bertz CT molecular complexity index is 410. The van der Waals surface area contributed by atoms with Gasteiger partial charge in [0.25, 0.3) is 5.69 Å². The molecule has 6 heteroatoms. The lowest BCUT2D eigenvalue weighted by atomic mass is 10.2. The molecule has 0 aliphatic carbocycles. The van der Waals surface area contributed by atoms with Crippen LogP contribution in [0.2, 0.25) is 0 Å². The van der Waals surface area contributed by atoms with Gasteiger partial charge in [-0.1, -0.05) is 19.4 Å². The molecule has 0 bridgehead atoms. The first-order valence-electron chi connectivity index (χ1n) is 6.33. The Kier molecular flexibility index (Phi) is 6.84. The summed E-state index contributed by atoms with van der Waals surface area (Å²) in [4.78, 5) is 10.2. The van der Waals surface area contributed by atoms with Gasteiger partial charge in [-0.25, -0.2) is 0 Å². The van der Waals surface area contributed by atoms with Crippen LogP contribution in [0, 0.1) is 10.1 Å². The van der Waals surface area contributed by atoms with Crippen LogP contribution in [-0.4, -0.2) is 24.7 Å². The van der Waals surface area contributed by atoms with Gasteiger partial charge in [0, 0.05) is 12.7 Å². The summed E-state index contributed by atoms with van der Waals surface area (Å²) in [5.74, 6) is 0. The highest BCUT2D eigenvalue weighted by Crippen LogP contribution is 2.22. The van der Waals surface area contributed by atoms with Crippen molar-refractivity contribution < 1.29 is 14.4 Å². The quantitative estimate of drug-likeness (QED) is 0.322. The molecule has 1 aromatic rings. The average molecular weight is 268 g/mol. The molecule has 0 radical (unpaired) electrons. The van der Waals surface area contributed by atoms with Gasteiger partial charge in [0.2, 0.25) is 0 Å². The number of nitro benzene ring substituents is 1. The molecule has 0 atom stereocenters. The minimum Gasteiger partial charge on any atom is -0.393 e. The fourth-order valence-corrected chi connectivity index (χ4v) is 1.49. The molecule has 0 fully saturated rings. The first-order chi connectivity index (χ1) is 9.15. The van der Waals surface area contributed by atoms with Crippen molar-refractivity contribution in [3.05, 3.63) is 33.9 Å². The van der Waals surface area contributed by atoms with Crippen molar-refractivity contribution in [2.75, 3.05) is 25.6 Å². The van der Waals surface area contributed by atoms with Crippen molar-refractivity contribution in [1.82, 2.24) is 0 Å². The van der Waals surface area contributed by atoms with Gasteiger partial charge in [0.15, 0.2) is 0 Å². The summed E-state index contributed by atoms with van der Waals surface area (Å²) < 4.78 is 10.7. The first-order valence-corrected chi connectivity index (χ1v) is 6.33. The lowest BCUT2D eigenvalue weighted by molar-refractivity contribution is -0.384. The molecule has 1 rings (SSSR count). The molecule has 0 unspecified atom stereocenters. The number of nitro groups is 1. The van der Waals surface area contributed by atoms with Crippen LogP contribution in [0.15, 0.2) is 18.2 Å². The van der Waals surface area contributed by atoms with Crippen LogP contribution in [0.5, 0.6) is 0 Å². The van der Waals surface area contributed by atoms with Gasteiger partial charge in [-0.15, -0.1) is 0 Å². The monoisotopic (exact) mass is 268 g/mol. The molecule has 0 aromatic heterocycles. The smallest absolute Gasteiger partial charge is 0.292 e. The van der Waals surface area contributed by atoms with Gasteiger partial charge in [-0.05, 0) is 18.1 Å². The summed E-state index contributed by atoms with van der Waals surface area (Å²) in [6.07, 6.45) is 2.15. The second-order valence-corrected chi connectivity index (χ2v) is 4.17. The summed E-state index contributed by atoms with van der Waals surface area (Å²) in [6.45, 7) is 4.18. The molecule has 0 saturated heterocycles. The summed E-state index contributed by atoms with van der Waals surface area (Å²) >= 11 is 0. The molecule has 0 saturated carbocycles. The maximum absolute atomic E-state index is 10.7. The van der Waals surface area contributed by atoms with Crippen LogP contribution in [0.4, 0.5) is 11.4 Å². The number of unbranched alkanes of at least 4 members (excludes halogenated alkanes) is 1. The zero-order chi connectivity index (χ0) is 14.1. The van der Waals surface area contributed by atoms with Crippen LogP contribution in [0.1, 0.15) is 25.3 Å². The molecular formula is C13H20N2O4. The van der Waals surface area contributed by atoms with Crippen LogP contribution < -0.4 is 5.73 Å². The Morgan fingerprint density at radius 1 is 1.26 bits per heavy atom. The van der Waals surface area contributed by atoms with Gasteiger partial charge < -0.3 is 15.2 Å². The number of hydrogen-bond acceptors (Lipinski definition) is 5. The van der Waals surface area contributed by atoms with E-state index in [4.69, 9.17) is 15.2 Å². The fourth-order valence-electron chi connectivity index (χ4n) is 1.49. The van der Waals surface area contributed by atoms with Crippen molar-refractivity contribution in [3.63, 3.8) is 0 Å². The standard InChI is InChI=1S/C13H20N2O4/c1-2-3-6-18-7-8-19-10-11-4-5-12(14)13(9-11)15(16)17/h4-5,9H,2-3,6-8,10,14H2,1H3. The zero-order valence-electron chi connectivity index (χ0n) is 11.1. The van der Waals surface area contributed by atoms with Gasteiger partial charge in [0.1, 0.15) is 5.69 Å². The molecule has 106 valence electrons. The Hall–Kier alpha value is -1.66. The maximum Gasteiger partial charge on any atom is 0.292 e. The largest absolute Gasteiger partial charge is 0.393 e. The fraction of sp³-hybridized carbons (Fsp3) is 0.538. The van der Waals surface area contributed by atoms with Crippen LogP contribution in [0.25, 0.3) is 0 Å². The van der Waals surface area contributed by atoms with Crippen molar-refractivity contribution in [2.45, 2.75) is 26.4 Å². The Labute approximate surface area is 112 Å². The average Bonchev–Trinajstić information content (AvgIpc) is 2.39. The Morgan fingerprint density at radius 3 is 2.68 bits per heavy atom. The van der Waals surface area contributed by atoms with Crippen molar-refractivity contribution >= 4 is 11.4 Å². The second-order valence-electron chi connectivity index (χ2n) is 4.17.